The Bertz CT molecular complexity index is 1470. The number of carbonyl (C=O) groups is 1. The van der Waals surface area contributed by atoms with Gasteiger partial charge in [0.05, 0.1) is 64.1 Å². The molecule has 4 aromatic rings. The molecule has 0 spiro atoms. The molecular formula is C28H38N8O6. The molecule has 1 aromatic carbocycles. The number of nitrogens with two attached hydrogens (primary N) is 2. The summed E-state index contributed by atoms with van der Waals surface area (Å²) >= 11 is 0. The van der Waals surface area contributed by atoms with Gasteiger partial charge < -0.3 is 39.7 Å². The summed E-state index contributed by atoms with van der Waals surface area (Å²) in [7, 11) is 0. The van der Waals surface area contributed by atoms with Crippen LogP contribution in [0.2, 0.25) is 0 Å². The van der Waals surface area contributed by atoms with Crippen LogP contribution in [0.3, 0.4) is 0 Å². The number of oxazole rings is 1. The molecule has 1 aliphatic heterocycles. The fourth-order valence-electron chi connectivity index (χ4n) is 5.03. The minimum Gasteiger partial charge on any atom is -0.424 e. The maximum absolute atomic E-state index is 12.8. The predicted molar refractivity (Wildman–Crippen MR) is 156 cm³/mol. The van der Waals surface area contributed by atoms with E-state index in [-0.39, 0.29) is 18.0 Å². The normalized spacial score (nSPS) is 14.4. The van der Waals surface area contributed by atoms with Crippen LogP contribution >= 0.6 is 0 Å². The highest BCUT2D eigenvalue weighted by Gasteiger charge is 2.28. The molecule has 4 N–H and O–H groups in total. The summed E-state index contributed by atoms with van der Waals surface area (Å²) in [5.41, 5.74) is 15.4. The van der Waals surface area contributed by atoms with Crippen LogP contribution in [-0.4, -0.2) is 101 Å². The number of aromatic nitrogens is 5. The molecule has 14 heteroatoms. The first-order chi connectivity index (χ1) is 20.5. The fourth-order valence-corrected chi connectivity index (χ4v) is 5.03. The Morgan fingerprint density at radius 1 is 0.976 bits per heavy atom. The zero-order valence-corrected chi connectivity index (χ0v) is 23.9. The Labute approximate surface area is 243 Å². The molecule has 0 radical (unpaired) electrons. The van der Waals surface area contributed by atoms with Gasteiger partial charge in [-0.2, -0.15) is 10.1 Å². The van der Waals surface area contributed by atoms with Crippen LogP contribution in [0.25, 0.3) is 33.4 Å². The number of fused-ring (bicyclic) bond motifs is 2. The summed E-state index contributed by atoms with van der Waals surface area (Å²) in [6, 6.07) is 5.72. The summed E-state index contributed by atoms with van der Waals surface area (Å²) in [5, 5.41) is 5.62. The van der Waals surface area contributed by atoms with Gasteiger partial charge in [-0.05, 0) is 38.0 Å². The summed E-state index contributed by atoms with van der Waals surface area (Å²) in [5.74, 6) is 0.430. The standard InChI is InChI=1S/C28H38N8O6/c1-2-38-11-12-40-15-16-41-14-13-39-10-7-23(37)35-8-5-20(6-9-35)36-27-24(26(29)31-18-32-27)25(34-36)19-3-4-22-21(17-19)33-28(30)42-22/h3-4,17-18,20H,2,5-16H2,1H3,(H2,30,33)(H2,29,31,32). The molecule has 5 rings (SSSR count). The van der Waals surface area contributed by atoms with Gasteiger partial charge in [0, 0.05) is 25.3 Å². The van der Waals surface area contributed by atoms with Crippen LogP contribution in [0.1, 0.15) is 32.2 Å². The molecule has 0 atom stereocenters. The molecule has 1 fully saturated rings. The number of hydrogen-bond acceptors (Lipinski definition) is 12. The van der Waals surface area contributed by atoms with Crippen molar-refractivity contribution in [2.75, 3.05) is 77.4 Å². The lowest BCUT2D eigenvalue weighted by Gasteiger charge is -2.32. The Morgan fingerprint density at radius 3 is 2.38 bits per heavy atom. The number of nitrogens with zero attached hydrogens (tertiary/aromatic N) is 6. The Balaban J connectivity index is 1.10. The van der Waals surface area contributed by atoms with E-state index in [9.17, 15) is 4.79 Å². The molecule has 1 amide bonds. The van der Waals surface area contributed by atoms with Gasteiger partial charge in [0.1, 0.15) is 23.4 Å². The number of carbonyl (C=O) groups excluding carboxylic acids is 1. The molecule has 0 aliphatic carbocycles. The van der Waals surface area contributed by atoms with Crippen molar-refractivity contribution >= 4 is 39.9 Å². The zero-order chi connectivity index (χ0) is 29.3. The van der Waals surface area contributed by atoms with Gasteiger partial charge in [-0.25, -0.2) is 14.6 Å². The Kier molecular flexibility index (Phi) is 10.1. The van der Waals surface area contributed by atoms with Gasteiger partial charge in [-0.1, -0.05) is 0 Å². The molecule has 1 aliphatic rings. The summed E-state index contributed by atoms with van der Waals surface area (Å²) in [6.07, 6.45) is 3.26. The molecule has 42 heavy (non-hydrogen) atoms. The quantitative estimate of drug-likeness (QED) is 0.196. The largest absolute Gasteiger partial charge is 0.424 e. The fraction of sp³-hybridized carbons (Fsp3) is 0.536. The molecule has 0 unspecified atom stereocenters. The predicted octanol–water partition coefficient (Wildman–Crippen LogP) is 2.44. The van der Waals surface area contributed by atoms with E-state index in [1.54, 1.807) is 6.07 Å². The number of benzene rings is 1. The minimum atomic E-state index is 0.0579. The topological polar surface area (TPSA) is 179 Å². The van der Waals surface area contributed by atoms with Crippen LogP contribution < -0.4 is 11.5 Å². The molecule has 226 valence electrons. The first-order valence-electron chi connectivity index (χ1n) is 14.3. The molecule has 4 heterocycles. The van der Waals surface area contributed by atoms with Crippen LogP contribution in [0.15, 0.2) is 28.9 Å². The third kappa shape index (κ3) is 7.13. The monoisotopic (exact) mass is 582 g/mol. The number of anilines is 2. The lowest BCUT2D eigenvalue weighted by molar-refractivity contribution is -0.133. The van der Waals surface area contributed by atoms with Crippen LogP contribution in [0.5, 0.6) is 0 Å². The van der Waals surface area contributed by atoms with Crippen molar-refractivity contribution in [1.82, 2.24) is 29.6 Å². The van der Waals surface area contributed by atoms with E-state index in [1.165, 1.54) is 6.33 Å². The van der Waals surface area contributed by atoms with Crippen LogP contribution in [0.4, 0.5) is 11.8 Å². The minimum absolute atomic E-state index is 0.0579. The van der Waals surface area contributed by atoms with E-state index >= 15 is 0 Å². The summed E-state index contributed by atoms with van der Waals surface area (Å²) in [4.78, 5) is 27.6. The van der Waals surface area contributed by atoms with Crippen LogP contribution in [-0.2, 0) is 23.7 Å². The van der Waals surface area contributed by atoms with E-state index in [0.717, 1.165) is 18.4 Å². The van der Waals surface area contributed by atoms with E-state index in [4.69, 9.17) is 39.9 Å². The van der Waals surface area contributed by atoms with Gasteiger partial charge in [0.2, 0.25) is 5.91 Å². The second-order valence-electron chi connectivity index (χ2n) is 9.88. The van der Waals surface area contributed by atoms with Crippen molar-refractivity contribution in [1.29, 1.82) is 0 Å². The number of ether oxygens (including phenoxy) is 4. The number of piperidine rings is 1. The SMILES string of the molecule is CCOCCOCCOCCOCCC(=O)N1CCC(n2nc(-c3ccc4oc(N)nc4c3)c3c(N)ncnc32)CC1. The van der Waals surface area contributed by atoms with E-state index in [1.807, 2.05) is 28.6 Å². The maximum atomic E-state index is 12.8. The second-order valence-corrected chi connectivity index (χ2v) is 9.88. The molecule has 3 aromatic heterocycles. The van der Waals surface area contributed by atoms with E-state index in [2.05, 4.69) is 15.0 Å². The average molecular weight is 583 g/mol. The first kappa shape index (κ1) is 29.6. The van der Waals surface area contributed by atoms with Crippen molar-refractivity contribution in [2.24, 2.45) is 0 Å². The Hall–Kier alpha value is -3.85. The number of hydrogen-bond donors (Lipinski definition) is 2. The number of nitrogen functional groups attached to an aromatic ring is 2. The highest BCUT2D eigenvalue weighted by Crippen LogP contribution is 2.35. The van der Waals surface area contributed by atoms with Gasteiger partial charge in [-0.15, -0.1) is 0 Å². The van der Waals surface area contributed by atoms with Crippen molar-refractivity contribution in [3.63, 3.8) is 0 Å². The average Bonchev–Trinajstić information content (AvgIpc) is 3.58. The molecular weight excluding hydrogens is 544 g/mol. The van der Waals surface area contributed by atoms with Gasteiger partial charge in [-0.3, -0.25) is 4.79 Å². The van der Waals surface area contributed by atoms with E-state index < -0.39 is 0 Å². The smallest absolute Gasteiger partial charge is 0.292 e. The van der Waals surface area contributed by atoms with Crippen molar-refractivity contribution < 1.29 is 28.2 Å². The number of amides is 1. The number of rotatable bonds is 15. The third-order valence-electron chi connectivity index (χ3n) is 7.14. The van der Waals surface area contributed by atoms with E-state index in [0.29, 0.717) is 106 Å². The van der Waals surface area contributed by atoms with Crippen molar-refractivity contribution in [2.45, 2.75) is 32.2 Å². The molecule has 14 nitrogen and oxygen atoms in total. The molecule has 0 saturated carbocycles. The first-order valence-corrected chi connectivity index (χ1v) is 14.3. The van der Waals surface area contributed by atoms with Gasteiger partial charge in [0.25, 0.3) is 6.01 Å². The lowest BCUT2D eigenvalue weighted by Crippen LogP contribution is -2.39. The maximum Gasteiger partial charge on any atom is 0.292 e. The second kappa shape index (κ2) is 14.4. The van der Waals surface area contributed by atoms with Gasteiger partial charge >= 0.3 is 0 Å². The van der Waals surface area contributed by atoms with Crippen LogP contribution in [0, 0.1) is 0 Å². The highest BCUT2D eigenvalue weighted by molar-refractivity contribution is 5.99. The molecule has 0 bridgehead atoms. The number of likely N-dealkylation sites (tertiary alicyclic amines) is 1. The summed E-state index contributed by atoms with van der Waals surface area (Å²) < 4.78 is 29.0. The highest BCUT2D eigenvalue weighted by atomic mass is 16.6. The zero-order valence-electron chi connectivity index (χ0n) is 23.9. The third-order valence-corrected chi connectivity index (χ3v) is 7.14. The molecule has 1 saturated heterocycles. The Morgan fingerprint density at radius 2 is 1.67 bits per heavy atom. The lowest BCUT2D eigenvalue weighted by atomic mass is 10.0. The van der Waals surface area contributed by atoms with Crippen molar-refractivity contribution in [3.8, 4) is 11.3 Å². The summed E-state index contributed by atoms with van der Waals surface area (Å²) in [6.45, 7) is 7.32. The van der Waals surface area contributed by atoms with Crippen molar-refractivity contribution in [3.05, 3.63) is 24.5 Å². The van der Waals surface area contributed by atoms with Gasteiger partial charge in [0.15, 0.2) is 11.2 Å².